The predicted octanol–water partition coefficient (Wildman–Crippen LogP) is 3.31. The molecule has 3 N–H and O–H groups in total. The van der Waals surface area contributed by atoms with Crippen LogP contribution in [0.15, 0.2) is 53.3 Å². The van der Waals surface area contributed by atoms with E-state index in [1.54, 1.807) is 19.3 Å². The van der Waals surface area contributed by atoms with Crippen LogP contribution in [0, 0.1) is 13.8 Å². The van der Waals surface area contributed by atoms with Crippen molar-refractivity contribution in [3.8, 4) is 0 Å². The van der Waals surface area contributed by atoms with Crippen molar-refractivity contribution in [3.05, 3.63) is 65.0 Å². The summed E-state index contributed by atoms with van der Waals surface area (Å²) < 4.78 is 0. The number of hydrogen-bond donors (Lipinski definition) is 2. The third-order valence-electron chi connectivity index (χ3n) is 3.04. The second-order valence-electron chi connectivity index (χ2n) is 4.68. The maximum Gasteiger partial charge on any atom is 0.0566 e. The summed E-state index contributed by atoms with van der Waals surface area (Å²) in [4.78, 5) is 4.02. The Labute approximate surface area is 121 Å². The molecule has 0 fully saturated rings. The molecule has 3 nitrogen and oxygen atoms in total. The minimum atomic E-state index is 0.700. The van der Waals surface area contributed by atoms with Gasteiger partial charge in [0.15, 0.2) is 0 Å². The molecular weight excluding hydrogens is 246 g/mol. The summed E-state index contributed by atoms with van der Waals surface area (Å²) in [5.74, 6) is 0. The largest absolute Gasteiger partial charge is 0.401 e. The molecule has 0 aliphatic heterocycles. The lowest BCUT2D eigenvalue weighted by Gasteiger charge is -2.17. The van der Waals surface area contributed by atoms with Crippen LogP contribution in [0.25, 0.3) is 5.70 Å². The molecule has 0 atom stereocenters. The molecular formula is C17H23N3. The molecule has 3 heteroatoms. The predicted molar refractivity (Wildman–Crippen MR) is 88.5 cm³/mol. The number of rotatable bonds is 5. The summed E-state index contributed by atoms with van der Waals surface area (Å²) in [7, 11) is 1.75. The van der Waals surface area contributed by atoms with Crippen LogP contribution in [0.3, 0.4) is 0 Å². The lowest BCUT2D eigenvalue weighted by molar-refractivity contribution is 1.06. The van der Waals surface area contributed by atoms with Crippen molar-refractivity contribution in [3.63, 3.8) is 0 Å². The van der Waals surface area contributed by atoms with Crippen molar-refractivity contribution in [1.29, 1.82) is 0 Å². The highest BCUT2D eigenvalue weighted by molar-refractivity contribution is 5.86. The van der Waals surface area contributed by atoms with Gasteiger partial charge in [0.2, 0.25) is 0 Å². The Balaban J connectivity index is 3.35. The maximum absolute atomic E-state index is 5.86. The van der Waals surface area contributed by atoms with Gasteiger partial charge in [0.1, 0.15) is 0 Å². The monoisotopic (exact) mass is 269 g/mol. The summed E-state index contributed by atoms with van der Waals surface area (Å²) in [6.07, 6.45) is 5.43. The van der Waals surface area contributed by atoms with Gasteiger partial charge in [0.25, 0.3) is 0 Å². The molecule has 1 rings (SSSR count). The lowest BCUT2D eigenvalue weighted by atomic mass is 9.99. The fourth-order valence-corrected chi connectivity index (χ4v) is 2.03. The van der Waals surface area contributed by atoms with Gasteiger partial charge in [-0.05, 0) is 44.1 Å². The van der Waals surface area contributed by atoms with Crippen LogP contribution >= 0.6 is 0 Å². The standard InChI is InChI=1S/C17H23N3/c1-6-15(14(4)18)20-16(10-11-19-5)17-12(2)8-7-9-13(17)3/h6-11,20H,1,18H2,2-5H3/b15-14+,16-10-,19-11?. The van der Waals surface area contributed by atoms with E-state index < -0.39 is 0 Å². The van der Waals surface area contributed by atoms with Gasteiger partial charge < -0.3 is 11.1 Å². The molecule has 0 aliphatic rings. The first-order chi connectivity index (χ1) is 9.51. The van der Waals surface area contributed by atoms with Gasteiger partial charge in [-0.2, -0.15) is 0 Å². The van der Waals surface area contributed by atoms with E-state index in [2.05, 4.69) is 48.9 Å². The zero-order valence-corrected chi connectivity index (χ0v) is 12.7. The fourth-order valence-electron chi connectivity index (χ4n) is 2.03. The summed E-state index contributed by atoms with van der Waals surface area (Å²) in [6.45, 7) is 9.82. The lowest BCUT2D eigenvalue weighted by Crippen LogP contribution is -2.16. The first kappa shape index (κ1) is 15.8. The van der Waals surface area contributed by atoms with Crippen molar-refractivity contribution in [2.75, 3.05) is 7.05 Å². The molecule has 1 aromatic carbocycles. The second kappa shape index (κ2) is 7.34. The first-order valence-corrected chi connectivity index (χ1v) is 6.56. The Hall–Kier alpha value is -2.29. The number of nitrogens with two attached hydrogens (primary N) is 1. The van der Waals surface area contributed by atoms with Crippen molar-refractivity contribution in [1.82, 2.24) is 5.32 Å². The zero-order valence-electron chi connectivity index (χ0n) is 12.7. The van der Waals surface area contributed by atoms with Gasteiger partial charge in [0.05, 0.1) is 5.70 Å². The van der Waals surface area contributed by atoms with Crippen LogP contribution in [0.5, 0.6) is 0 Å². The van der Waals surface area contributed by atoms with Gasteiger partial charge in [-0.15, -0.1) is 0 Å². The van der Waals surface area contributed by atoms with E-state index >= 15 is 0 Å². The van der Waals surface area contributed by atoms with Crippen molar-refractivity contribution < 1.29 is 0 Å². The van der Waals surface area contributed by atoms with E-state index in [1.807, 2.05) is 13.0 Å². The van der Waals surface area contributed by atoms with Gasteiger partial charge in [0, 0.05) is 30.2 Å². The summed E-state index contributed by atoms with van der Waals surface area (Å²) in [5, 5.41) is 3.34. The SMILES string of the molecule is C=C/C(N/C(=C\C=NC)c1c(C)cccc1C)=C(/C)N. The van der Waals surface area contributed by atoms with Crippen molar-refractivity contribution >= 4 is 11.9 Å². The summed E-state index contributed by atoms with van der Waals surface area (Å²) in [6, 6.07) is 6.24. The highest BCUT2D eigenvalue weighted by Crippen LogP contribution is 2.22. The van der Waals surface area contributed by atoms with Crippen LogP contribution in [0.4, 0.5) is 0 Å². The van der Waals surface area contributed by atoms with E-state index in [-0.39, 0.29) is 0 Å². The van der Waals surface area contributed by atoms with E-state index in [1.165, 1.54) is 11.1 Å². The third kappa shape index (κ3) is 3.85. The van der Waals surface area contributed by atoms with Crippen LogP contribution in [-0.4, -0.2) is 13.3 Å². The van der Waals surface area contributed by atoms with Crippen LogP contribution < -0.4 is 11.1 Å². The van der Waals surface area contributed by atoms with Crippen molar-refractivity contribution in [2.24, 2.45) is 10.7 Å². The number of allylic oxidation sites excluding steroid dienone is 3. The Morgan fingerprint density at radius 3 is 2.35 bits per heavy atom. The molecule has 0 spiro atoms. The summed E-state index contributed by atoms with van der Waals surface area (Å²) in [5.41, 5.74) is 11.9. The first-order valence-electron chi connectivity index (χ1n) is 6.56. The van der Waals surface area contributed by atoms with Gasteiger partial charge in [-0.3, -0.25) is 4.99 Å². The Morgan fingerprint density at radius 2 is 1.90 bits per heavy atom. The maximum atomic E-state index is 5.86. The topological polar surface area (TPSA) is 50.4 Å². The molecule has 20 heavy (non-hydrogen) atoms. The average Bonchev–Trinajstić information content (AvgIpc) is 2.40. The molecule has 0 bridgehead atoms. The smallest absolute Gasteiger partial charge is 0.0566 e. The quantitative estimate of drug-likeness (QED) is 0.636. The highest BCUT2D eigenvalue weighted by Gasteiger charge is 2.09. The molecule has 0 heterocycles. The van der Waals surface area contributed by atoms with E-state index in [0.717, 1.165) is 17.0 Å². The van der Waals surface area contributed by atoms with E-state index in [0.29, 0.717) is 5.70 Å². The van der Waals surface area contributed by atoms with Gasteiger partial charge in [-0.1, -0.05) is 24.8 Å². The van der Waals surface area contributed by atoms with Gasteiger partial charge >= 0.3 is 0 Å². The van der Waals surface area contributed by atoms with E-state index in [4.69, 9.17) is 5.73 Å². The van der Waals surface area contributed by atoms with E-state index in [9.17, 15) is 0 Å². The Morgan fingerprint density at radius 1 is 1.30 bits per heavy atom. The van der Waals surface area contributed by atoms with Crippen LogP contribution in [0.1, 0.15) is 23.6 Å². The Bertz CT molecular complexity index is 554. The zero-order chi connectivity index (χ0) is 15.1. The third-order valence-corrected chi connectivity index (χ3v) is 3.04. The highest BCUT2D eigenvalue weighted by atomic mass is 14.9. The number of nitrogens with one attached hydrogen (secondary N) is 1. The minimum Gasteiger partial charge on any atom is -0.401 e. The number of nitrogens with zero attached hydrogens (tertiary/aromatic N) is 1. The van der Waals surface area contributed by atoms with Gasteiger partial charge in [-0.25, -0.2) is 0 Å². The summed E-state index contributed by atoms with van der Waals surface area (Å²) >= 11 is 0. The molecule has 106 valence electrons. The Kier molecular flexibility index (Phi) is 5.78. The molecule has 1 aromatic rings. The molecule has 0 unspecified atom stereocenters. The van der Waals surface area contributed by atoms with Crippen LogP contribution in [-0.2, 0) is 0 Å². The molecule has 0 amide bonds. The molecule has 0 saturated carbocycles. The second-order valence-corrected chi connectivity index (χ2v) is 4.68. The fraction of sp³-hybridized carbons (Fsp3) is 0.235. The number of aryl methyl sites for hydroxylation is 2. The molecule has 0 aromatic heterocycles. The molecule has 0 saturated heterocycles. The number of aliphatic imine (C=N–C) groups is 1. The van der Waals surface area contributed by atoms with Crippen molar-refractivity contribution in [2.45, 2.75) is 20.8 Å². The normalized spacial score (nSPS) is 13.3. The average molecular weight is 269 g/mol. The number of hydrogen-bond acceptors (Lipinski definition) is 3. The molecule has 0 radical (unpaired) electrons. The van der Waals surface area contributed by atoms with Crippen LogP contribution in [0.2, 0.25) is 0 Å². The number of benzene rings is 1. The minimum absolute atomic E-state index is 0.700. The molecule has 0 aliphatic carbocycles.